The fourth-order valence-corrected chi connectivity index (χ4v) is 3.47. The summed E-state index contributed by atoms with van der Waals surface area (Å²) in [6.07, 6.45) is 4.45. The third kappa shape index (κ3) is 3.41. The van der Waals surface area contributed by atoms with Crippen molar-refractivity contribution in [2.75, 3.05) is 0 Å². The van der Waals surface area contributed by atoms with E-state index in [0.717, 1.165) is 19.3 Å². The van der Waals surface area contributed by atoms with E-state index in [4.69, 9.17) is 0 Å². The van der Waals surface area contributed by atoms with E-state index in [-0.39, 0.29) is 0 Å². The van der Waals surface area contributed by atoms with Gasteiger partial charge in [0.25, 0.3) is 0 Å². The summed E-state index contributed by atoms with van der Waals surface area (Å²) in [6.45, 7) is 1.74. The molecule has 0 aromatic heterocycles. The predicted octanol–water partition coefficient (Wildman–Crippen LogP) is 4.90. The molecule has 0 unspecified atom stereocenters. The number of rotatable bonds is 4. The minimum atomic E-state index is 0.312. The zero-order chi connectivity index (χ0) is 14.7. The summed E-state index contributed by atoms with van der Waals surface area (Å²) in [7, 11) is 0. The topological polar surface area (TPSA) is 17.1 Å². The number of hydrogen-bond donors (Lipinski definition) is 0. The number of ketones is 1. The van der Waals surface area contributed by atoms with Crippen molar-refractivity contribution in [3.05, 3.63) is 60.2 Å². The smallest absolute Gasteiger partial charge is 0.132 e. The molecule has 3 rings (SSSR count). The molecular weight excluding hydrogens is 256 g/mol. The highest BCUT2D eigenvalue weighted by molar-refractivity contribution is 5.78. The van der Waals surface area contributed by atoms with Gasteiger partial charge in [-0.15, -0.1) is 0 Å². The Bertz CT molecular complexity index is 615. The second-order valence-electron chi connectivity index (χ2n) is 6.26. The van der Waals surface area contributed by atoms with Crippen LogP contribution in [0, 0.1) is 11.8 Å². The van der Waals surface area contributed by atoms with Crippen molar-refractivity contribution in [2.24, 2.45) is 11.8 Å². The molecule has 0 aliphatic heterocycles. The molecule has 1 heteroatoms. The normalized spacial score (nSPS) is 21.4. The highest BCUT2D eigenvalue weighted by Gasteiger charge is 2.27. The number of Topliss-reactive ketones (excluding diaryl/α,β-unsaturated/α-hetero) is 1. The van der Waals surface area contributed by atoms with Gasteiger partial charge in [0.05, 0.1) is 0 Å². The highest BCUT2D eigenvalue weighted by Crippen LogP contribution is 2.34. The monoisotopic (exact) mass is 278 g/mol. The summed E-state index contributed by atoms with van der Waals surface area (Å²) in [5.41, 5.74) is 3.95. The minimum Gasteiger partial charge on any atom is -0.300 e. The van der Waals surface area contributed by atoms with Gasteiger partial charge in [-0.3, -0.25) is 4.79 Å². The molecule has 2 aromatic carbocycles. The molecule has 0 bridgehead atoms. The van der Waals surface area contributed by atoms with E-state index in [1.54, 1.807) is 6.92 Å². The van der Waals surface area contributed by atoms with Gasteiger partial charge >= 0.3 is 0 Å². The van der Waals surface area contributed by atoms with Crippen LogP contribution in [0.15, 0.2) is 54.6 Å². The van der Waals surface area contributed by atoms with Crippen molar-refractivity contribution in [3.63, 3.8) is 0 Å². The molecule has 0 radical (unpaired) electrons. The first-order valence-electron chi connectivity index (χ1n) is 7.87. The number of carbonyl (C=O) groups is 1. The summed E-state index contributed by atoms with van der Waals surface area (Å²) in [6, 6.07) is 19.4. The van der Waals surface area contributed by atoms with Crippen molar-refractivity contribution in [3.8, 4) is 11.1 Å². The molecule has 0 heterocycles. The van der Waals surface area contributed by atoms with Crippen LogP contribution in [-0.4, -0.2) is 5.78 Å². The lowest BCUT2D eigenvalue weighted by atomic mass is 9.94. The summed E-state index contributed by atoms with van der Waals surface area (Å²) in [4.78, 5) is 11.5. The van der Waals surface area contributed by atoms with E-state index >= 15 is 0 Å². The first-order chi connectivity index (χ1) is 10.2. The third-order valence-corrected chi connectivity index (χ3v) is 4.67. The van der Waals surface area contributed by atoms with Crippen LogP contribution >= 0.6 is 0 Å². The Hall–Kier alpha value is -1.89. The van der Waals surface area contributed by atoms with Crippen LogP contribution in [0.5, 0.6) is 0 Å². The van der Waals surface area contributed by atoms with Crippen LogP contribution in [0.2, 0.25) is 0 Å². The summed E-state index contributed by atoms with van der Waals surface area (Å²) in [5.74, 6) is 1.35. The van der Waals surface area contributed by atoms with Crippen LogP contribution in [0.4, 0.5) is 0 Å². The summed E-state index contributed by atoms with van der Waals surface area (Å²) in [5, 5.41) is 0. The molecule has 0 spiro atoms. The molecule has 1 saturated carbocycles. The van der Waals surface area contributed by atoms with Crippen molar-refractivity contribution in [1.82, 2.24) is 0 Å². The molecular formula is C20H22O. The summed E-state index contributed by atoms with van der Waals surface area (Å²) < 4.78 is 0. The van der Waals surface area contributed by atoms with Crippen LogP contribution < -0.4 is 0 Å². The minimum absolute atomic E-state index is 0.312. The van der Waals surface area contributed by atoms with Gasteiger partial charge in [-0.05, 0) is 55.2 Å². The lowest BCUT2D eigenvalue weighted by molar-refractivity contribution is -0.120. The van der Waals surface area contributed by atoms with Crippen LogP contribution in [-0.2, 0) is 11.2 Å². The first-order valence-corrected chi connectivity index (χ1v) is 7.87. The van der Waals surface area contributed by atoms with Gasteiger partial charge in [-0.25, -0.2) is 0 Å². The van der Waals surface area contributed by atoms with Crippen molar-refractivity contribution in [2.45, 2.75) is 32.6 Å². The Morgan fingerprint density at radius 1 is 1.00 bits per heavy atom. The van der Waals surface area contributed by atoms with Gasteiger partial charge in [0.1, 0.15) is 5.78 Å². The molecule has 108 valence electrons. The number of hydrogen-bond acceptors (Lipinski definition) is 1. The SMILES string of the molecule is CC(=O)[C@@H]1CC[C@@H](Cc2cccc(-c3ccccc3)c2)C1. The van der Waals surface area contributed by atoms with Crippen molar-refractivity contribution in [1.29, 1.82) is 0 Å². The first kappa shape index (κ1) is 14.1. The molecule has 0 N–H and O–H groups in total. The molecule has 0 amide bonds. The number of carbonyl (C=O) groups excluding carboxylic acids is 1. The lowest BCUT2D eigenvalue weighted by Crippen LogP contribution is -2.07. The average Bonchev–Trinajstić information content (AvgIpc) is 2.97. The third-order valence-electron chi connectivity index (χ3n) is 4.67. The Balaban J connectivity index is 1.71. The largest absolute Gasteiger partial charge is 0.300 e. The fraction of sp³-hybridized carbons (Fsp3) is 0.350. The Morgan fingerprint density at radius 3 is 2.48 bits per heavy atom. The molecule has 2 atom stereocenters. The maximum Gasteiger partial charge on any atom is 0.132 e. The van der Waals surface area contributed by atoms with E-state index < -0.39 is 0 Å². The maximum atomic E-state index is 11.5. The second-order valence-corrected chi connectivity index (χ2v) is 6.26. The van der Waals surface area contributed by atoms with E-state index in [1.807, 2.05) is 6.07 Å². The van der Waals surface area contributed by atoms with Crippen LogP contribution in [0.1, 0.15) is 31.7 Å². The van der Waals surface area contributed by atoms with Gasteiger partial charge in [0.2, 0.25) is 0 Å². The Kier molecular flexibility index (Phi) is 4.19. The van der Waals surface area contributed by atoms with Gasteiger partial charge in [0, 0.05) is 5.92 Å². The Morgan fingerprint density at radius 2 is 1.76 bits per heavy atom. The Labute approximate surface area is 127 Å². The van der Waals surface area contributed by atoms with Crippen LogP contribution in [0.3, 0.4) is 0 Å². The predicted molar refractivity (Wildman–Crippen MR) is 87.1 cm³/mol. The molecule has 21 heavy (non-hydrogen) atoms. The standard InChI is InChI=1S/C20H22O/c1-15(21)19-11-10-17(13-19)12-16-6-5-9-20(14-16)18-7-3-2-4-8-18/h2-9,14,17,19H,10-13H2,1H3/t17-,19+/m0/s1. The zero-order valence-corrected chi connectivity index (χ0v) is 12.6. The molecule has 1 nitrogen and oxygen atoms in total. The lowest BCUT2D eigenvalue weighted by Gasteiger charge is -2.11. The van der Waals surface area contributed by atoms with Crippen molar-refractivity contribution >= 4 is 5.78 Å². The molecule has 2 aromatic rings. The average molecular weight is 278 g/mol. The van der Waals surface area contributed by atoms with Crippen molar-refractivity contribution < 1.29 is 4.79 Å². The van der Waals surface area contributed by atoms with Gasteiger partial charge in [0.15, 0.2) is 0 Å². The van der Waals surface area contributed by atoms with Gasteiger partial charge in [-0.1, -0.05) is 54.6 Å². The maximum absolute atomic E-state index is 11.5. The van der Waals surface area contributed by atoms with E-state index in [0.29, 0.717) is 17.6 Å². The second kappa shape index (κ2) is 6.26. The number of benzene rings is 2. The zero-order valence-electron chi connectivity index (χ0n) is 12.6. The highest BCUT2D eigenvalue weighted by atomic mass is 16.1. The van der Waals surface area contributed by atoms with E-state index in [9.17, 15) is 4.79 Å². The molecule has 1 fully saturated rings. The van der Waals surface area contributed by atoms with Gasteiger partial charge in [-0.2, -0.15) is 0 Å². The van der Waals surface area contributed by atoms with Gasteiger partial charge < -0.3 is 0 Å². The fourth-order valence-electron chi connectivity index (χ4n) is 3.47. The van der Waals surface area contributed by atoms with E-state index in [1.165, 1.54) is 23.1 Å². The molecule has 0 saturated heterocycles. The van der Waals surface area contributed by atoms with Crippen LogP contribution in [0.25, 0.3) is 11.1 Å². The van der Waals surface area contributed by atoms with E-state index in [2.05, 4.69) is 48.5 Å². The quantitative estimate of drug-likeness (QED) is 0.777. The molecule has 1 aliphatic carbocycles. The summed E-state index contributed by atoms with van der Waals surface area (Å²) >= 11 is 0. The molecule has 1 aliphatic rings.